The van der Waals surface area contributed by atoms with E-state index in [9.17, 15) is 9.59 Å². The highest BCUT2D eigenvalue weighted by Gasteiger charge is 2.12. The lowest BCUT2D eigenvalue weighted by atomic mass is 10.2. The van der Waals surface area contributed by atoms with Crippen LogP contribution in [0.15, 0.2) is 76.8 Å². The molecule has 0 spiro atoms. The number of carbonyl (C=O) groups is 1. The van der Waals surface area contributed by atoms with E-state index in [4.69, 9.17) is 16.3 Å². The zero-order valence-corrected chi connectivity index (χ0v) is 18.2. The summed E-state index contributed by atoms with van der Waals surface area (Å²) in [4.78, 5) is 25.1. The van der Waals surface area contributed by atoms with E-state index in [-0.39, 0.29) is 12.1 Å². The van der Waals surface area contributed by atoms with Crippen LogP contribution < -0.4 is 15.7 Å². The zero-order valence-electron chi connectivity index (χ0n) is 17.4. The molecule has 6 nitrogen and oxygen atoms in total. The fourth-order valence-corrected chi connectivity index (χ4v) is 2.98. The molecule has 0 radical (unpaired) electrons. The molecule has 1 amide bonds. The van der Waals surface area contributed by atoms with Crippen molar-refractivity contribution in [2.75, 3.05) is 6.61 Å². The second-order valence-corrected chi connectivity index (χ2v) is 7.83. The summed E-state index contributed by atoms with van der Waals surface area (Å²) in [5, 5.41) is 4.52. The van der Waals surface area contributed by atoms with Gasteiger partial charge in [0.25, 0.3) is 11.5 Å². The average molecular weight is 438 g/mol. The van der Waals surface area contributed by atoms with Crippen LogP contribution in [0.5, 0.6) is 5.75 Å². The molecule has 0 bridgehead atoms. The number of aromatic nitrogens is 1. The Hall–Kier alpha value is -3.38. The Kier molecular flexibility index (Phi) is 7.62. The van der Waals surface area contributed by atoms with Gasteiger partial charge in [-0.1, -0.05) is 43.6 Å². The summed E-state index contributed by atoms with van der Waals surface area (Å²) >= 11 is 6.17. The van der Waals surface area contributed by atoms with Gasteiger partial charge in [-0.25, -0.2) is 5.43 Å². The summed E-state index contributed by atoms with van der Waals surface area (Å²) in [6.07, 6.45) is 3.13. The smallest absolute Gasteiger partial charge is 0.276 e. The van der Waals surface area contributed by atoms with E-state index in [0.717, 1.165) is 16.9 Å². The molecule has 3 aromatic rings. The number of benzene rings is 2. The molecule has 0 saturated heterocycles. The fraction of sp³-hybridized carbons (Fsp3) is 0.208. The van der Waals surface area contributed by atoms with Crippen molar-refractivity contribution in [1.29, 1.82) is 0 Å². The van der Waals surface area contributed by atoms with Gasteiger partial charge in [0.2, 0.25) is 0 Å². The van der Waals surface area contributed by atoms with Gasteiger partial charge in [0.05, 0.1) is 19.4 Å². The van der Waals surface area contributed by atoms with Crippen LogP contribution in [-0.4, -0.2) is 23.3 Å². The van der Waals surface area contributed by atoms with Crippen molar-refractivity contribution in [3.8, 4) is 5.75 Å². The van der Waals surface area contributed by atoms with Crippen molar-refractivity contribution in [1.82, 2.24) is 9.99 Å². The second kappa shape index (κ2) is 10.6. The minimum atomic E-state index is -0.577. The molecule has 31 heavy (non-hydrogen) atoms. The highest BCUT2D eigenvalue weighted by atomic mass is 35.5. The fourth-order valence-electron chi connectivity index (χ4n) is 2.78. The maximum Gasteiger partial charge on any atom is 0.276 e. The number of carbonyl (C=O) groups excluding carboxylic acids is 1. The Balaban J connectivity index is 1.64. The van der Waals surface area contributed by atoms with Crippen LogP contribution in [-0.2, 0) is 6.54 Å². The van der Waals surface area contributed by atoms with Crippen molar-refractivity contribution in [3.05, 3.63) is 98.9 Å². The topological polar surface area (TPSA) is 72.7 Å². The first-order chi connectivity index (χ1) is 14.9. The van der Waals surface area contributed by atoms with Crippen molar-refractivity contribution in [2.45, 2.75) is 20.4 Å². The van der Waals surface area contributed by atoms with Crippen LogP contribution >= 0.6 is 11.6 Å². The van der Waals surface area contributed by atoms with Crippen LogP contribution in [0, 0.1) is 5.92 Å². The quantitative estimate of drug-likeness (QED) is 0.420. The number of hydrogen-bond donors (Lipinski definition) is 1. The molecule has 7 heteroatoms. The second-order valence-electron chi connectivity index (χ2n) is 7.42. The Morgan fingerprint density at radius 3 is 2.58 bits per heavy atom. The summed E-state index contributed by atoms with van der Waals surface area (Å²) in [6, 6.07) is 17.7. The largest absolute Gasteiger partial charge is 0.493 e. The molecule has 3 rings (SSSR count). The number of nitrogens with one attached hydrogen (secondary N) is 1. The molecule has 0 aliphatic carbocycles. The van der Waals surface area contributed by atoms with Gasteiger partial charge in [0, 0.05) is 11.2 Å². The molecule has 2 aromatic carbocycles. The summed E-state index contributed by atoms with van der Waals surface area (Å²) < 4.78 is 7.08. The molecule has 0 saturated carbocycles. The molecule has 0 aliphatic rings. The van der Waals surface area contributed by atoms with E-state index >= 15 is 0 Å². The lowest BCUT2D eigenvalue weighted by Gasteiger charge is -2.09. The Bertz CT molecular complexity index is 1120. The Morgan fingerprint density at radius 1 is 1.13 bits per heavy atom. The molecule has 0 atom stereocenters. The van der Waals surface area contributed by atoms with Gasteiger partial charge in [-0.05, 0) is 59.5 Å². The summed E-state index contributed by atoms with van der Waals surface area (Å²) in [5.41, 5.74) is 3.58. The number of pyridine rings is 1. The Morgan fingerprint density at radius 2 is 1.87 bits per heavy atom. The number of halogens is 1. The third-order valence-corrected chi connectivity index (χ3v) is 4.78. The Labute approximate surface area is 186 Å². The third kappa shape index (κ3) is 6.30. The first-order valence-electron chi connectivity index (χ1n) is 9.93. The van der Waals surface area contributed by atoms with Crippen LogP contribution in [0.1, 0.15) is 35.3 Å². The highest BCUT2D eigenvalue weighted by molar-refractivity contribution is 6.31. The third-order valence-electron chi connectivity index (χ3n) is 4.41. The van der Waals surface area contributed by atoms with Gasteiger partial charge in [-0.3, -0.25) is 9.59 Å². The molecule has 0 aliphatic heterocycles. The molecular formula is C24H24ClN3O3. The molecule has 1 N–H and O–H groups in total. The number of nitrogens with zero attached hydrogens (tertiary/aromatic N) is 2. The predicted octanol–water partition coefficient (Wildman–Crippen LogP) is 4.35. The lowest BCUT2D eigenvalue weighted by Crippen LogP contribution is -2.30. The predicted molar refractivity (Wildman–Crippen MR) is 123 cm³/mol. The van der Waals surface area contributed by atoms with Crippen molar-refractivity contribution in [2.24, 2.45) is 11.0 Å². The van der Waals surface area contributed by atoms with Gasteiger partial charge in [0.15, 0.2) is 0 Å². The monoisotopic (exact) mass is 437 g/mol. The number of ether oxygens (including phenoxy) is 1. The van der Waals surface area contributed by atoms with Crippen LogP contribution in [0.2, 0.25) is 5.02 Å². The van der Waals surface area contributed by atoms with Crippen molar-refractivity contribution < 1.29 is 9.53 Å². The number of amides is 1. The number of hydrazone groups is 1. The summed E-state index contributed by atoms with van der Waals surface area (Å²) in [5.74, 6) is 0.647. The summed E-state index contributed by atoms with van der Waals surface area (Å²) in [7, 11) is 0. The zero-order chi connectivity index (χ0) is 22.2. The van der Waals surface area contributed by atoms with E-state index in [1.165, 1.54) is 16.8 Å². The maximum absolute atomic E-state index is 12.7. The van der Waals surface area contributed by atoms with E-state index < -0.39 is 11.5 Å². The van der Waals surface area contributed by atoms with E-state index in [2.05, 4.69) is 24.4 Å². The molecule has 1 heterocycles. The minimum absolute atomic E-state index is 0.00383. The number of hydrogen-bond acceptors (Lipinski definition) is 4. The minimum Gasteiger partial charge on any atom is -0.493 e. The van der Waals surface area contributed by atoms with Crippen LogP contribution in [0.3, 0.4) is 0 Å². The van der Waals surface area contributed by atoms with E-state index in [0.29, 0.717) is 17.5 Å². The van der Waals surface area contributed by atoms with Gasteiger partial charge >= 0.3 is 0 Å². The highest BCUT2D eigenvalue weighted by Crippen LogP contribution is 2.15. The normalized spacial score (nSPS) is 11.1. The van der Waals surface area contributed by atoms with Crippen molar-refractivity contribution in [3.63, 3.8) is 0 Å². The standard InChI is InChI=1S/C24H24ClN3O3/c1-17(2)16-31-20-11-9-18(10-12-20)14-26-27-23(29)21-7-5-13-28(24(21)30)15-19-6-3-4-8-22(19)25/h3-14,17H,15-16H2,1-2H3,(H,27,29)/b26-14-. The van der Waals surface area contributed by atoms with Gasteiger partial charge in [-0.2, -0.15) is 5.10 Å². The van der Waals surface area contributed by atoms with Crippen LogP contribution in [0.4, 0.5) is 0 Å². The molecule has 1 aromatic heterocycles. The van der Waals surface area contributed by atoms with Crippen molar-refractivity contribution >= 4 is 23.7 Å². The SMILES string of the molecule is CC(C)COc1ccc(/C=N\NC(=O)c2cccn(Cc3ccccc3Cl)c2=O)cc1. The first-order valence-corrected chi connectivity index (χ1v) is 10.3. The first kappa shape index (κ1) is 22.3. The van der Waals surface area contributed by atoms with Gasteiger partial charge in [-0.15, -0.1) is 0 Å². The number of rotatable bonds is 8. The molecule has 160 valence electrons. The van der Waals surface area contributed by atoms with Gasteiger partial charge < -0.3 is 9.30 Å². The summed E-state index contributed by atoms with van der Waals surface area (Å²) in [6.45, 7) is 5.09. The van der Waals surface area contributed by atoms with Gasteiger partial charge in [0.1, 0.15) is 11.3 Å². The molecule has 0 unspecified atom stereocenters. The average Bonchev–Trinajstić information content (AvgIpc) is 2.76. The molecular weight excluding hydrogens is 414 g/mol. The lowest BCUT2D eigenvalue weighted by molar-refractivity contribution is 0.0953. The van der Waals surface area contributed by atoms with Crippen LogP contribution in [0.25, 0.3) is 0 Å². The van der Waals surface area contributed by atoms with E-state index in [1.807, 2.05) is 42.5 Å². The maximum atomic E-state index is 12.7. The van der Waals surface area contributed by atoms with E-state index in [1.54, 1.807) is 18.3 Å². The molecule has 0 fully saturated rings.